The molecule has 0 bridgehead atoms. The molecule has 3 atom stereocenters. The molecule has 3 nitrogen and oxygen atoms in total. The molecule has 2 aliphatic rings. The summed E-state index contributed by atoms with van der Waals surface area (Å²) in [4.78, 5) is 2.23. The number of hydrogen-bond acceptors (Lipinski definition) is 3. The zero-order valence-corrected chi connectivity index (χ0v) is 12.9. The lowest BCUT2D eigenvalue weighted by atomic mass is 9.89. The molecule has 1 N–H and O–H groups in total. The van der Waals surface area contributed by atoms with Crippen LogP contribution >= 0.6 is 0 Å². The molecule has 1 aromatic rings. The minimum absolute atomic E-state index is 0.110. The maximum absolute atomic E-state index is 14.6. The van der Waals surface area contributed by atoms with Gasteiger partial charge in [-0.3, -0.25) is 0 Å². The highest BCUT2D eigenvalue weighted by Crippen LogP contribution is 2.33. The predicted octanol–water partition coefficient (Wildman–Crippen LogP) is 3.25. The number of halogens is 1. The average Bonchev–Trinajstić information content (AvgIpc) is 2.53. The molecule has 0 amide bonds. The van der Waals surface area contributed by atoms with Gasteiger partial charge in [-0.1, -0.05) is 18.9 Å². The third-order valence-electron chi connectivity index (χ3n) is 4.95. The van der Waals surface area contributed by atoms with E-state index in [4.69, 9.17) is 4.74 Å². The molecule has 116 valence electrons. The molecule has 1 aliphatic heterocycles. The smallest absolute Gasteiger partial charge is 0.146 e. The molecule has 21 heavy (non-hydrogen) atoms. The van der Waals surface area contributed by atoms with E-state index in [9.17, 15) is 4.39 Å². The number of anilines is 1. The Morgan fingerprint density at radius 3 is 2.90 bits per heavy atom. The van der Waals surface area contributed by atoms with Crippen molar-refractivity contribution in [3.8, 4) is 0 Å². The van der Waals surface area contributed by atoms with Gasteiger partial charge in [0.05, 0.1) is 24.4 Å². The van der Waals surface area contributed by atoms with Crippen LogP contribution in [0.25, 0.3) is 0 Å². The van der Waals surface area contributed by atoms with E-state index in [1.807, 2.05) is 26.1 Å². The van der Waals surface area contributed by atoms with E-state index in [2.05, 4.69) is 10.2 Å². The van der Waals surface area contributed by atoms with Crippen LogP contribution in [-0.2, 0) is 4.74 Å². The number of ether oxygens (including phenoxy) is 1. The second-order valence-electron chi connectivity index (χ2n) is 6.18. The van der Waals surface area contributed by atoms with E-state index in [0.29, 0.717) is 12.6 Å². The summed E-state index contributed by atoms with van der Waals surface area (Å²) >= 11 is 0. The van der Waals surface area contributed by atoms with Gasteiger partial charge in [0, 0.05) is 12.6 Å². The van der Waals surface area contributed by atoms with Gasteiger partial charge in [-0.25, -0.2) is 4.39 Å². The summed E-state index contributed by atoms with van der Waals surface area (Å²) in [5, 5.41) is 3.15. The number of nitrogens with one attached hydrogen (secondary N) is 1. The molecule has 0 aromatic heterocycles. The van der Waals surface area contributed by atoms with Crippen molar-refractivity contribution >= 4 is 5.69 Å². The van der Waals surface area contributed by atoms with Gasteiger partial charge in [0.2, 0.25) is 0 Å². The second-order valence-corrected chi connectivity index (χ2v) is 6.18. The van der Waals surface area contributed by atoms with E-state index in [1.165, 1.54) is 12.8 Å². The van der Waals surface area contributed by atoms with E-state index >= 15 is 0 Å². The molecule has 0 spiro atoms. The maximum atomic E-state index is 14.6. The minimum Gasteiger partial charge on any atom is -0.374 e. The van der Waals surface area contributed by atoms with Crippen molar-refractivity contribution < 1.29 is 9.13 Å². The third kappa shape index (κ3) is 2.92. The Morgan fingerprint density at radius 2 is 2.14 bits per heavy atom. The first-order valence-electron chi connectivity index (χ1n) is 8.05. The number of nitrogens with zero attached hydrogens (tertiary/aromatic N) is 1. The number of morpholine rings is 1. The average molecular weight is 292 g/mol. The molecule has 3 unspecified atom stereocenters. The van der Waals surface area contributed by atoms with Crippen molar-refractivity contribution in [3.05, 3.63) is 29.6 Å². The highest BCUT2D eigenvalue weighted by atomic mass is 19.1. The van der Waals surface area contributed by atoms with Gasteiger partial charge in [-0.05, 0) is 44.5 Å². The predicted molar refractivity (Wildman–Crippen MR) is 83.2 cm³/mol. The Labute approximate surface area is 126 Å². The van der Waals surface area contributed by atoms with Crippen molar-refractivity contribution in [2.24, 2.45) is 0 Å². The summed E-state index contributed by atoms with van der Waals surface area (Å²) < 4.78 is 20.5. The van der Waals surface area contributed by atoms with E-state index in [-0.39, 0.29) is 18.0 Å². The number of benzene rings is 1. The first kappa shape index (κ1) is 14.8. The normalized spacial score (nSPS) is 27.3. The first-order chi connectivity index (χ1) is 10.2. The summed E-state index contributed by atoms with van der Waals surface area (Å²) in [5.41, 5.74) is 1.73. The minimum atomic E-state index is -0.110. The molecular formula is C17H25FN2O. The highest BCUT2D eigenvalue weighted by molar-refractivity contribution is 5.51. The lowest BCUT2D eigenvalue weighted by Crippen LogP contribution is -2.53. The second kappa shape index (κ2) is 6.32. The molecule has 1 heterocycles. The number of fused-ring (bicyclic) bond motifs is 1. The van der Waals surface area contributed by atoms with Crippen LogP contribution in [0.2, 0.25) is 0 Å². The fourth-order valence-electron chi connectivity index (χ4n) is 3.59. The molecule has 2 fully saturated rings. The quantitative estimate of drug-likeness (QED) is 0.925. The van der Waals surface area contributed by atoms with Crippen molar-refractivity contribution in [2.75, 3.05) is 25.1 Å². The van der Waals surface area contributed by atoms with Gasteiger partial charge >= 0.3 is 0 Å². The topological polar surface area (TPSA) is 24.5 Å². The molecule has 0 radical (unpaired) electrons. The van der Waals surface area contributed by atoms with Gasteiger partial charge in [-0.2, -0.15) is 0 Å². The largest absolute Gasteiger partial charge is 0.374 e. The summed E-state index contributed by atoms with van der Waals surface area (Å²) in [6.45, 7) is 3.54. The maximum Gasteiger partial charge on any atom is 0.146 e. The van der Waals surface area contributed by atoms with Crippen LogP contribution in [0.15, 0.2) is 18.2 Å². The van der Waals surface area contributed by atoms with Crippen molar-refractivity contribution in [1.29, 1.82) is 0 Å². The van der Waals surface area contributed by atoms with E-state index < -0.39 is 0 Å². The molecular weight excluding hydrogens is 267 g/mol. The first-order valence-corrected chi connectivity index (χ1v) is 8.05. The van der Waals surface area contributed by atoms with Gasteiger partial charge < -0.3 is 15.0 Å². The molecule has 4 heteroatoms. The summed E-state index contributed by atoms with van der Waals surface area (Å²) in [5.74, 6) is -0.110. The van der Waals surface area contributed by atoms with Gasteiger partial charge in [0.1, 0.15) is 5.82 Å². The molecule has 3 rings (SSSR count). The van der Waals surface area contributed by atoms with Crippen LogP contribution in [-0.4, -0.2) is 32.3 Å². The van der Waals surface area contributed by atoms with Crippen molar-refractivity contribution in [3.63, 3.8) is 0 Å². The third-order valence-corrected chi connectivity index (χ3v) is 4.95. The van der Waals surface area contributed by atoms with Gasteiger partial charge in [0.15, 0.2) is 0 Å². The summed E-state index contributed by atoms with van der Waals surface area (Å²) in [6, 6.07) is 6.15. The Bertz CT molecular complexity index is 492. The number of rotatable bonds is 3. The standard InChI is InChI=1S/C17H25FN2O/c1-12(19-2)13-7-8-15(14(18)11-13)20-9-10-21-17-6-4-3-5-16(17)20/h7-8,11-12,16-17,19H,3-6,9-10H2,1-2H3. The highest BCUT2D eigenvalue weighted by Gasteiger charge is 2.35. The summed E-state index contributed by atoms with van der Waals surface area (Å²) in [7, 11) is 1.89. The van der Waals surface area contributed by atoms with Crippen LogP contribution in [0.4, 0.5) is 10.1 Å². The van der Waals surface area contributed by atoms with Gasteiger partial charge in [0.25, 0.3) is 0 Å². The van der Waals surface area contributed by atoms with Crippen LogP contribution in [0.3, 0.4) is 0 Å². The lowest BCUT2D eigenvalue weighted by molar-refractivity contribution is -0.00891. The Kier molecular flexibility index (Phi) is 4.45. The number of hydrogen-bond donors (Lipinski definition) is 1. The van der Waals surface area contributed by atoms with Crippen LogP contribution in [0.5, 0.6) is 0 Å². The fraction of sp³-hybridized carbons (Fsp3) is 0.647. The van der Waals surface area contributed by atoms with Crippen LogP contribution in [0, 0.1) is 5.82 Å². The molecule has 1 aliphatic carbocycles. The monoisotopic (exact) mass is 292 g/mol. The van der Waals surface area contributed by atoms with Gasteiger partial charge in [-0.15, -0.1) is 0 Å². The lowest BCUT2D eigenvalue weighted by Gasteiger charge is -2.45. The summed E-state index contributed by atoms with van der Waals surface area (Å²) in [6.07, 6.45) is 4.95. The SMILES string of the molecule is CNC(C)c1ccc(N2CCOC3CCCCC32)c(F)c1. The Morgan fingerprint density at radius 1 is 1.33 bits per heavy atom. The Balaban J connectivity index is 1.85. The zero-order valence-electron chi connectivity index (χ0n) is 12.9. The van der Waals surface area contributed by atoms with E-state index in [1.54, 1.807) is 6.07 Å². The molecule has 1 saturated carbocycles. The molecule has 1 aromatic carbocycles. The zero-order chi connectivity index (χ0) is 14.8. The van der Waals surface area contributed by atoms with Crippen LogP contribution < -0.4 is 10.2 Å². The van der Waals surface area contributed by atoms with Crippen LogP contribution in [0.1, 0.15) is 44.2 Å². The van der Waals surface area contributed by atoms with Crippen molar-refractivity contribution in [2.45, 2.75) is 50.8 Å². The Hall–Kier alpha value is -1.13. The molecule has 1 saturated heterocycles. The van der Waals surface area contributed by atoms with Crippen molar-refractivity contribution in [1.82, 2.24) is 5.32 Å². The fourth-order valence-corrected chi connectivity index (χ4v) is 3.59. The van der Waals surface area contributed by atoms with E-state index in [0.717, 1.165) is 30.6 Å².